The van der Waals surface area contributed by atoms with Crippen molar-refractivity contribution in [3.63, 3.8) is 0 Å². The Morgan fingerprint density at radius 2 is 2.05 bits per heavy atom. The Morgan fingerprint density at radius 3 is 2.76 bits per heavy atom. The summed E-state index contributed by atoms with van der Waals surface area (Å²) in [6.45, 7) is 2.66. The molecule has 21 heavy (non-hydrogen) atoms. The van der Waals surface area contributed by atoms with Crippen molar-refractivity contribution in [2.75, 3.05) is 19.6 Å². The third-order valence-corrected chi connectivity index (χ3v) is 3.40. The van der Waals surface area contributed by atoms with E-state index in [1.165, 1.54) is 0 Å². The number of aromatic nitrogens is 1. The summed E-state index contributed by atoms with van der Waals surface area (Å²) in [6.07, 6.45) is 3.33. The second-order valence-electron chi connectivity index (χ2n) is 5.05. The molecule has 1 aliphatic heterocycles. The molecule has 5 heteroatoms. The smallest absolute Gasteiger partial charge is 0.251 e. The topological polar surface area (TPSA) is 63.2 Å². The van der Waals surface area contributed by atoms with Crippen molar-refractivity contribution in [1.29, 1.82) is 0 Å². The lowest BCUT2D eigenvalue weighted by Gasteiger charge is -2.27. The third-order valence-electron chi connectivity index (χ3n) is 3.40. The van der Waals surface area contributed by atoms with Gasteiger partial charge in [-0.3, -0.25) is 9.78 Å². The minimum absolute atomic E-state index is 0.0675. The zero-order chi connectivity index (χ0) is 14.5. The van der Waals surface area contributed by atoms with E-state index in [1.807, 2.05) is 12.1 Å². The summed E-state index contributed by atoms with van der Waals surface area (Å²) in [5, 5.41) is 6.13. The number of hydrogen-bond donors (Lipinski definition) is 2. The first-order valence-electron chi connectivity index (χ1n) is 6.98. The van der Waals surface area contributed by atoms with Gasteiger partial charge in [-0.15, -0.1) is 0 Å². The standard InChI is InChI=1S/C16H17N3O2/c20-16(19-11-12-9-18-10-12)13-2-1-3-15(8-13)21-14-4-6-17-7-5-14/h1-8,12,18H,9-11H2,(H,19,20). The van der Waals surface area contributed by atoms with Crippen LogP contribution in [0.4, 0.5) is 0 Å². The van der Waals surface area contributed by atoms with Crippen molar-refractivity contribution in [3.05, 3.63) is 54.4 Å². The molecule has 0 atom stereocenters. The minimum Gasteiger partial charge on any atom is -0.457 e. The van der Waals surface area contributed by atoms with E-state index in [2.05, 4.69) is 15.6 Å². The number of benzene rings is 1. The maximum Gasteiger partial charge on any atom is 0.251 e. The van der Waals surface area contributed by atoms with Gasteiger partial charge in [0.15, 0.2) is 0 Å². The lowest BCUT2D eigenvalue weighted by molar-refractivity contribution is 0.0942. The lowest BCUT2D eigenvalue weighted by atomic mass is 10.0. The highest BCUT2D eigenvalue weighted by molar-refractivity contribution is 5.94. The van der Waals surface area contributed by atoms with Gasteiger partial charge in [-0.05, 0) is 30.3 Å². The number of carbonyl (C=O) groups is 1. The van der Waals surface area contributed by atoms with Crippen LogP contribution < -0.4 is 15.4 Å². The van der Waals surface area contributed by atoms with Gasteiger partial charge in [0, 0.05) is 43.5 Å². The van der Waals surface area contributed by atoms with E-state index in [1.54, 1.807) is 36.7 Å². The molecule has 2 heterocycles. The lowest BCUT2D eigenvalue weighted by Crippen LogP contribution is -2.48. The average Bonchev–Trinajstić information content (AvgIpc) is 2.47. The highest BCUT2D eigenvalue weighted by Gasteiger charge is 2.17. The fourth-order valence-electron chi connectivity index (χ4n) is 2.08. The van der Waals surface area contributed by atoms with Gasteiger partial charge in [-0.2, -0.15) is 0 Å². The normalized spacial score (nSPS) is 14.3. The highest BCUT2D eigenvalue weighted by Crippen LogP contribution is 2.21. The van der Waals surface area contributed by atoms with E-state index in [0.717, 1.165) is 13.1 Å². The number of rotatable bonds is 5. The molecule has 0 radical (unpaired) electrons. The fraction of sp³-hybridized carbons (Fsp3) is 0.250. The van der Waals surface area contributed by atoms with Gasteiger partial charge in [-0.25, -0.2) is 0 Å². The second-order valence-corrected chi connectivity index (χ2v) is 5.05. The predicted molar refractivity (Wildman–Crippen MR) is 79.4 cm³/mol. The summed E-state index contributed by atoms with van der Waals surface area (Å²) in [5.74, 6) is 1.81. The maximum absolute atomic E-state index is 12.1. The molecule has 1 saturated heterocycles. The van der Waals surface area contributed by atoms with Crippen LogP contribution in [0.25, 0.3) is 0 Å². The third kappa shape index (κ3) is 3.58. The van der Waals surface area contributed by atoms with E-state index >= 15 is 0 Å². The molecule has 0 bridgehead atoms. The first kappa shape index (κ1) is 13.6. The van der Waals surface area contributed by atoms with Crippen molar-refractivity contribution in [3.8, 4) is 11.5 Å². The number of hydrogen-bond acceptors (Lipinski definition) is 4. The molecular weight excluding hydrogens is 266 g/mol. The van der Waals surface area contributed by atoms with Crippen molar-refractivity contribution in [1.82, 2.24) is 15.6 Å². The quantitative estimate of drug-likeness (QED) is 0.878. The SMILES string of the molecule is O=C(NCC1CNC1)c1cccc(Oc2ccncc2)c1. The van der Waals surface area contributed by atoms with Crippen LogP contribution in [-0.2, 0) is 0 Å². The Balaban J connectivity index is 1.63. The summed E-state index contributed by atoms with van der Waals surface area (Å²) in [5.41, 5.74) is 0.605. The van der Waals surface area contributed by atoms with Gasteiger partial charge < -0.3 is 15.4 Å². The van der Waals surface area contributed by atoms with Crippen molar-refractivity contribution in [2.24, 2.45) is 5.92 Å². The first-order valence-corrected chi connectivity index (χ1v) is 6.98. The number of carbonyl (C=O) groups excluding carboxylic acids is 1. The van der Waals surface area contributed by atoms with E-state index in [4.69, 9.17) is 4.74 Å². The summed E-state index contributed by atoms with van der Waals surface area (Å²) in [7, 11) is 0. The number of amides is 1. The van der Waals surface area contributed by atoms with Crippen LogP contribution in [0, 0.1) is 5.92 Å². The van der Waals surface area contributed by atoms with Gasteiger partial charge in [0.25, 0.3) is 5.91 Å². The number of ether oxygens (including phenoxy) is 1. The van der Waals surface area contributed by atoms with Gasteiger partial charge in [0.05, 0.1) is 0 Å². The Hall–Kier alpha value is -2.40. The average molecular weight is 283 g/mol. The monoisotopic (exact) mass is 283 g/mol. The summed E-state index contributed by atoms with van der Waals surface area (Å²) in [4.78, 5) is 16.0. The van der Waals surface area contributed by atoms with Gasteiger partial charge >= 0.3 is 0 Å². The highest BCUT2D eigenvalue weighted by atomic mass is 16.5. The molecule has 2 N–H and O–H groups in total. The molecule has 0 spiro atoms. The zero-order valence-corrected chi connectivity index (χ0v) is 11.6. The van der Waals surface area contributed by atoms with E-state index in [0.29, 0.717) is 29.5 Å². The molecule has 1 amide bonds. The van der Waals surface area contributed by atoms with Crippen LogP contribution in [-0.4, -0.2) is 30.5 Å². The Kier molecular flexibility index (Phi) is 4.12. The molecule has 5 nitrogen and oxygen atoms in total. The van der Waals surface area contributed by atoms with Crippen LogP contribution >= 0.6 is 0 Å². The molecule has 1 aromatic carbocycles. The van der Waals surface area contributed by atoms with Gasteiger partial charge in [-0.1, -0.05) is 6.07 Å². The molecular formula is C16H17N3O2. The second kappa shape index (κ2) is 6.37. The predicted octanol–water partition coefficient (Wildman–Crippen LogP) is 1.82. The molecule has 1 fully saturated rings. The van der Waals surface area contributed by atoms with Crippen molar-refractivity contribution in [2.45, 2.75) is 0 Å². The van der Waals surface area contributed by atoms with Crippen LogP contribution in [0.3, 0.4) is 0 Å². The Morgan fingerprint density at radius 1 is 1.24 bits per heavy atom. The van der Waals surface area contributed by atoms with E-state index in [-0.39, 0.29) is 5.91 Å². The molecule has 3 rings (SSSR count). The molecule has 0 unspecified atom stereocenters. The Bertz CT molecular complexity index is 612. The molecule has 0 saturated carbocycles. The zero-order valence-electron chi connectivity index (χ0n) is 11.6. The fourth-order valence-corrected chi connectivity index (χ4v) is 2.08. The first-order chi connectivity index (χ1) is 10.3. The number of nitrogens with one attached hydrogen (secondary N) is 2. The summed E-state index contributed by atoms with van der Waals surface area (Å²) < 4.78 is 5.70. The van der Waals surface area contributed by atoms with E-state index < -0.39 is 0 Å². The van der Waals surface area contributed by atoms with Crippen molar-refractivity contribution < 1.29 is 9.53 Å². The molecule has 108 valence electrons. The molecule has 2 aromatic rings. The molecule has 1 aliphatic rings. The number of pyridine rings is 1. The number of nitrogens with zero attached hydrogens (tertiary/aromatic N) is 1. The van der Waals surface area contributed by atoms with Crippen LogP contribution in [0.1, 0.15) is 10.4 Å². The Labute approximate surface area is 123 Å². The van der Waals surface area contributed by atoms with Crippen LogP contribution in [0.15, 0.2) is 48.8 Å². The van der Waals surface area contributed by atoms with Gasteiger partial charge in [0.2, 0.25) is 0 Å². The van der Waals surface area contributed by atoms with Crippen molar-refractivity contribution >= 4 is 5.91 Å². The summed E-state index contributed by atoms with van der Waals surface area (Å²) >= 11 is 0. The van der Waals surface area contributed by atoms with Crippen LogP contribution in [0.5, 0.6) is 11.5 Å². The van der Waals surface area contributed by atoms with E-state index in [9.17, 15) is 4.79 Å². The largest absolute Gasteiger partial charge is 0.457 e. The maximum atomic E-state index is 12.1. The minimum atomic E-state index is -0.0675. The summed E-state index contributed by atoms with van der Waals surface area (Å²) in [6, 6.07) is 10.7. The molecule has 1 aromatic heterocycles. The van der Waals surface area contributed by atoms with Gasteiger partial charge in [0.1, 0.15) is 11.5 Å². The molecule has 0 aliphatic carbocycles. The van der Waals surface area contributed by atoms with Crippen LogP contribution in [0.2, 0.25) is 0 Å².